The molecular formula is C11H21IN2. The molecular weight excluding hydrogens is 287 g/mol. The molecule has 3 heteroatoms. The molecule has 0 atom stereocenters. The Hall–Kier alpha value is 0.650. The summed E-state index contributed by atoms with van der Waals surface area (Å²) in [6.07, 6.45) is 7.18. The number of hydrogen-bond acceptors (Lipinski definition) is 2. The Morgan fingerprint density at radius 3 is 2.29 bits per heavy atom. The Bertz CT molecular complexity index is 161. The van der Waals surface area contributed by atoms with Gasteiger partial charge < -0.3 is 4.90 Å². The van der Waals surface area contributed by atoms with Crippen molar-refractivity contribution >= 4 is 22.9 Å². The van der Waals surface area contributed by atoms with Crippen molar-refractivity contribution in [2.45, 2.75) is 32.1 Å². The molecule has 0 amide bonds. The Kier molecular flexibility index (Phi) is 4.50. The predicted octanol–water partition coefficient (Wildman–Crippen LogP) is 2.53. The highest BCUT2D eigenvalue weighted by Gasteiger charge is 2.19. The van der Waals surface area contributed by atoms with Gasteiger partial charge in [0.05, 0.1) is 0 Å². The zero-order chi connectivity index (χ0) is 9.80. The zero-order valence-electron chi connectivity index (χ0n) is 8.92. The second-order valence-electron chi connectivity index (χ2n) is 4.69. The van der Waals surface area contributed by atoms with Gasteiger partial charge in [0, 0.05) is 36.0 Å². The van der Waals surface area contributed by atoms with E-state index in [9.17, 15) is 0 Å². The highest BCUT2D eigenvalue weighted by molar-refractivity contribution is 14.1. The molecule has 0 spiro atoms. The largest absolute Gasteiger partial charge is 0.303 e. The first-order valence-electron chi connectivity index (χ1n) is 5.97. The fourth-order valence-corrected chi connectivity index (χ4v) is 3.12. The van der Waals surface area contributed by atoms with E-state index in [0.29, 0.717) is 0 Å². The highest BCUT2D eigenvalue weighted by Crippen LogP contribution is 2.23. The molecule has 0 aromatic heterocycles. The van der Waals surface area contributed by atoms with Crippen LogP contribution in [0.3, 0.4) is 0 Å². The Morgan fingerprint density at radius 2 is 1.64 bits per heavy atom. The third kappa shape index (κ3) is 3.35. The summed E-state index contributed by atoms with van der Waals surface area (Å²) in [6, 6.07) is 0. The van der Waals surface area contributed by atoms with E-state index in [4.69, 9.17) is 0 Å². The van der Waals surface area contributed by atoms with E-state index < -0.39 is 0 Å². The van der Waals surface area contributed by atoms with Crippen molar-refractivity contribution in [1.29, 1.82) is 0 Å². The fraction of sp³-hybridized carbons (Fsp3) is 1.00. The van der Waals surface area contributed by atoms with Crippen LogP contribution >= 0.6 is 22.9 Å². The molecule has 0 unspecified atom stereocenters. The van der Waals surface area contributed by atoms with E-state index >= 15 is 0 Å². The molecule has 2 aliphatic heterocycles. The summed E-state index contributed by atoms with van der Waals surface area (Å²) in [4.78, 5) is 2.65. The van der Waals surface area contributed by atoms with E-state index in [1.165, 1.54) is 64.8 Å². The standard InChI is InChI=1S/C11H21IN2/c12-14-9-4-11(5-10-14)3-8-13-6-1-2-7-13/h11H,1-10H2. The Labute approximate surface area is 102 Å². The Balaban J connectivity index is 1.60. The van der Waals surface area contributed by atoms with E-state index in [1.54, 1.807) is 0 Å². The van der Waals surface area contributed by atoms with Crippen molar-refractivity contribution < 1.29 is 0 Å². The van der Waals surface area contributed by atoms with Crippen molar-refractivity contribution in [3.63, 3.8) is 0 Å². The first-order valence-corrected chi connectivity index (χ1v) is 6.94. The maximum absolute atomic E-state index is 2.65. The van der Waals surface area contributed by atoms with Crippen molar-refractivity contribution in [2.24, 2.45) is 5.92 Å². The minimum absolute atomic E-state index is 1.02. The molecule has 0 aromatic carbocycles. The summed E-state index contributed by atoms with van der Waals surface area (Å²) in [6.45, 7) is 6.72. The monoisotopic (exact) mass is 308 g/mol. The molecule has 2 heterocycles. The number of rotatable bonds is 3. The minimum atomic E-state index is 1.02. The van der Waals surface area contributed by atoms with Crippen LogP contribution in [0.5, 0.6) is 0 Å². The molecule has 0 bridgehead atoms. The van der Waals surface area contributed by atoms with Crippen molar-refractivity contribution in [1.82, 2.24) is 8.01 Å². The van der Waals surface area contributed by atoms with Gasteiger partial charge in [0.15, 0.2) is 0 Å². The van der Waals surface area contributed by atoms with Gasteiger partial charge in [0.2, 0.25) is 0 Å². The van der Waals surface area contributed by atoms with Crippen LogP contribution in [-0.4, -0.2) is 40.7 Å². The van der Waals surface area contributed by atoms with E-state index in [1.807, 2.05) is 0 Å². The fourth-order valence-electron chi connectivity index (χ4n) is 2.56. The molecule has 14 heavy (non-hydrogen) atoms. The predicted molar refractivity (Wildman–Crippen MR) is 68.6 cm³/mol. The maximum Gasteiger partial charge on any atom is 0.0201 e. The summed E-state index contributed by atoms with van der Waals surface area (Å²) in [7, 11) is 0. The van der Waals surface area contributed by atoms with Crippen LogP contribution in [0.25, 0.3) is 0 Å². The van der Waals surface area contributed by atoms with E-state index in [2.05, 4.69) is 30.9 Å². The number of nitrogens with zero attached hydrogens (tertiary/aromatic N) is 2. The number of piperidine rings is 1. The molecule has 0 aromatic rings. The lowest BCUT2D eigenvalue weighted by Gasteiger charge is -2.28. The van der Waals surface area contributed by atoms with Crippen LogP contribution in [0.1, 0.15) is 32.1 Å². The first-order chi connectivity index (χ1) is 6.84. The topological polar surface area (TPSA) is 6.48 Å². The zero-order valence-corrected chi connectivity index (χ0v) is 11.1. The number of halogens is 1. The maximum atomic E-state index is 2.65. The van der Waals surface area contributed by atoms with Gasteiger partial charge in [-0.1, -0.05) is 0 Å². The van der Waals surface area contributed by atoms with E-state index in [0.717, 1.165) is 5.92 Å². The van der Waals surface area contributed by atoms with Crippen LogP contribution in [0, 0.1) is 5.92 Å². The van der Waals surface area contributed by atoms with Crippen LogP contribution in [0.4, 0.5) is 0 Å². The van der Waals surface area contributed by atoms with Gasteiger partial charge in [-0.05, 0) is 57.7 Å². The highest BCUT2D eigenvalue weighted by atomic mass is 127. The summed E-state index contributed by atoms with van der Waals surface area (Å²) in [5.41, 5.74) is 0. The van der Waals surface area contributed by atoms with Crippen LogP contribution in [0.2, 0.25) is 0 Å². The molecule has 2 aliphatic rings. The van der Waals surface area contributed by atoms with Gasteiger partial charge in [0.25, 0.3) is 0 Å². The van der Waals surface area contributed by atoms with Gasteiger partial charge in [0.1, 0.15) is 0 Å². The first kappa shape index (κ1) is 11.1. The molecule has 2 nitrogen and oxygen atoms in total. The summed E-state index contributed by atoms with van der Waals surface area (Å²) in [5.74, 6) is 1.02. The van der Waals surface area contributed by atoms with Gasteiger partial charge in [-0.25, -0.2) is 3.11 Å². The summed E-state index contributed by atoms with van der Waals surface area (Å²) >= 11 is 2.46. The third-order valence-corrected chi connectivity index (χ3v) is 4.58. The summed E-state index contributed by atoms with van der Waals surface area (Å²) in [5, 5.41) is 0. The number of hydrogen-bond donors (Lipinski definition) is 0. The normalized spacial score (nSPS) is 27.2. The molecule has 0 radical (unpaired) electrons. The third-order valence-electron chi connectivity index (χ3n) is 3.61. The lowest BCUT2D eigenvalue weighted by atomic mass is 9.94. The summed E-state index contributed by atoms with van der Waals surface area (Å²) < 4.78 is 2.43. The molecule has 2 saturated heterocycles. The average molecular weight is 308 g/mol. The van der Waals surface area contributed by atoms with Crippen LogP contribution in [-0.2, 0) is 0 Å². The van der Waals surface area contributed by atoms with E-state index in [-0.39, 0.29) is 0 Å². The van der Waals surface area contributed by atoms with Gasteiger partial charge >= 0.3 is 0 Å². The molecule has 2 rings (SSSR count). The molecule has 0 aliphatic carbocycles. The van der Waals surface area contributed by atoms with Crippen molar-refractivity contribution in [2.75, 3.05) is 32.7 Å². The van der Waals surface area contributed by atoms with Gasteiger partial charge in [-0.15, -0.1) is 0 Å². The molecule has 0 N–H and O–H groups in total. The Morgan fingerprint density at radius 1 is 1.00 bits per heavy atom. The molecule has 82 valence electrons. The van der Waals surface area contributed by atoms with Crippen LogP contribution < -0.4 is 0 Å². The second-order valence-corrected chi connectivity index (χ2v) is 6.06. The molecule has 2 fully saturated rings. The SMILES string of the molecule is IN1CCC(CCN2CCCC2)CC1. The minimum Gasteiger partial charge on any atom is -0.303 e. The van der Waals surface area contributed by atoms with Crippen LogP contribution in [0.15, 0.2) is 0 Å². The second kappa shape index (κ2) is 5.66. The number of likely N-dealkylation sites (tertiary alicyclic amines) is 1. The van der Waals surface area contributed by atoms with Gasteiger partial charge in [-0.2, -0.15) is 0 Å². The molecule has 0 saturated carbocycles. The lowest BCUT2D eigenvalue weighted by Crippen LogP contribution is -2.29. The van der Waals surface area contributed by atoms with Gasteiger partial charge in [-0.3, -0.25) is 0 Å². The quantitative estimate of drug-likeness (QED) is 0.584. The average Bonchev–Trinajstić information content (AvgIpc) is 2.70. The lowest BCUT2D eigenvalue weighted by molar-refractivity contribution is 0.248. The smallest absolute Gasteiger partial charge is 0.0201 e. The van der Waals surface area contributed by atoms with Crippen molar-refractivity contribution in [3.8, 4) is 0 Å². The van der Waals surface area contributed by atoms with Crippen molar-refractivity contribution in [3.05, 3.63) is 0 Å².